The van der Waals surface area contributed by atoms with Crippen molar-refractivity contribution in [1.82, 2.24) is 0 Å². The number of hydrogen-bond donors (Lipinski definition) is 2. The van der Waals surface area contributed by atoms with Crippen LogP contribution in [0.25, 0.3) is 11.1 Å². The molecule has 0 spiro atoms. The second kappa shape index (κ2) is 12.9. The fourth-order valence-corrected chi connectivity index (χ4v) is 5.14. The van der Waals surface area contributed by atoms with E-state index in [2.05, 4.69) is 10.6 Å². The molecule has 1 heterocycles. The minimum absolute atomic E-state index is 0.214. The van der Waals surface area contributed by atoms with Gasteiger partial charge in [-0.3, -0.25) is 9.59 Å². The highest BCUT2D eigenvalue weighted by molar-refractivity contribution is 7.17. The van der Waals surface area contributed by atoms with Crippen molar-refractivity contribution in [3.05, 3.63) is 94.9 Å². The lowest BCUT2D eigenvalue weighted by Crippen LogP contribution is -2.30. The highest BCUT2D eigenvalue weighted by Crippen LogP contribution is 2.40. The molecule has 2 amide bonds. The number of benzene rings is 3. The summed E-state index contributed by atoms with van der Waals surface area (Å²) in [5, 5.41) is 6.08. The number of nitrogens with one attached hydrogen (secondary N) is 2. The van der Waals surface area contributed by atoms with Crippen LogP contribution in [0.1, 0.15) is 39.4 Å². The summed E-state index contributed by atoms with van der Waals surface area (Å²) in [6.45, 7) is 5.49. The highest BCUT2D eigenvalue weighted by Gasteiger charge is 2.26. The number of carbonyl (C=O) groups excluding carboxylic acids is 3. The number of amides is 2. The molecule has 4 aromatic rings. The monoisotopic (exact) mass is 558 g/mol. The minimum atomic E-state index is -0.803. The van der Waals surface area contributed by atoms with E-state index in [4.69, 9.17) is 14.2 Å². The van der Waals surface area contributed by atoms with Crippen LogP contribution in [-0.4, -0.2) is 37.6 Å². The molecule has 2 N–H and O–H groups in total. The molecule has 0 bridgehead atoms. The molecule has 0 aliphatic rings. The van der Waals surface area contributed by atoms with Crippen molar-refractivity contribution >= 4 is 39.8 Å². The van der Waals surface area contributed by atoms with Crippen LogP contribution in [0, 0.1) is 6.92 Å². The zero-order valence-corrected chi connectivity index (χ0v) is 23.5. The minimum Gasteiger partial charge on any atom is -0.495 e. The summed E-state index contributed by atoms with van der Waals surface area (Å²) >= 11 is 1.32. The van der Waals surface area contributed by atoms with Gasteiger partial charge in [0.05, 0.1) is 19.4 Å². The first-order chi connectivity index (χ1) is 19.3. The van der Waals surface area contributed by atoms with Crippen molar-refractivity contribution in [2.45, 2.75) is 26.9 Å². The molecule has 1 aromatic heterocycles. The maximum atomic E-state index is 13.1. The van der Waals surface area contributed by atoms with E-state index < -0.39 is 12.1 Å². The molecule has 0 aliphatic carbocycles. The summed E-state index contributed by atoms with van der Waals surface area (Å²) in [6.07, 6.45) is -0.803. The van der Waals surface area contributed by atoms with Gasteiger partial charge in [-0.1, -0.05) is 42.5 Å². The van der Waals surface area contributed by atoms with Crippen molar-refractivity contribution in [2.24, 2.45) is 0 Å². The quantitative estimate of drug-likeness (QED) is 0.214. The molecular weight excluding hydrogens is 528 g/mol. The topological polar surface area (TPSA) is 103 Å². The molecule has 1 atom stereocenters. The van der Waals surface area contributed by atoms with Crippen LogP contribution in [0.2, 0.25) is 0 Å². The van der Waals surface area contributed by atoms with E-state index in [-0.39, 0.29) is 18.4 Å². The molecule has 0 fully saturated rings. The van der Waals surface area contributed by atoms with E-state index in [1.54, 1.807) is 56.3 Å². The Labute approximate surface area is 236 Å². The number of ether oxygens (including phenoxy) is 3. The molecule has 9 heteroatoms. The van der Waals surface area contributed by atoms with Gasteiger partial charge in [0.25, 0.3) is 11.8 Å². The number of rotatable bonds is 10. The van der Waals surface area contributed by atoms with Crippen LogP contribution in [0.15, 0.2) is 78.9 Å². The standard InChI is InChI=1S/C31H30N2O6S/c1-5-38-31(36)27-26(21-11-7-6-8-12-21)20(3)40-30(27)33-29(35)22-15-17-23(18-16-22)39-19(2)28(34)32-24-13-9-10-14-25(24)37-4/h6-19H,5H2,1-4H3,(H,32,34)(H,33,35)/t19-/m1/s1. The Morgan fingerprint density at radius 3 is 2.25 bits per heavy atom. The Morgan fingerprint density at radius 1 is 0.900 bits per heavy atom. The van der Waals surface area contributed by atoms with Gasteiger partial charge in [0.2, 0.25) is 0 Å². The molecule has 4 rings (SSSR count). The Hall–Kier alpha value is -4.63. The number of anilines is 2. The Balaban J connectivity index is 1.47. The number of methoxy groups -OCH3 is 1. The van der Waals surface area contributed by atoms with Gasteiger partial charge in [0.1, 0.15) is 22.1 Å². The van der Waals surface area contributed by atoms with E-state index in [9.17, 15) is 14.4 Å². The second-order valence-corrected chi connectivity index (χ2v) is 9.98. The first kappa shape index (κ1) is 28.4. The van der Waals surface area contributed by atoms with Crippen LogP contribution in [0.4, 0.5) is 10.7 Å². The number of para-hydroxylation sites is 2. The molecular formula is C31H30N2O6S. The van der Waals surface area contributed by atoms with Crippen LogP contribution in [0.5, 0.6) is 11.5 Å². The summed E-state index contributed by atoms with van der Waals surface area (Å²) in [4.78, 5) is 39.6. The largest absolute Gasteiger partial charge is 0.495 e. The number of aryl methyl sites for hydroxylation is 1. The zero-order valence-electron chi connectivity index (χ0n) is 22.6. The summed E-state index contributed by atoms with van der Waals surface area (Å²) in [7, 11) is 1.53. The van der Waals surface area contributed by atoms with E-state index in [1.165, 1.54) is 18.4 Å². The second-order valence-electron chi connectivity index (χ2n) is 8.75. The van der Waals surface area contributed by atoms with Crippen LogP contribution >= 0.6 is 11.3 Å². The van der Waals surface area contributed by atoms with E-state index >= 15 is 0 Å². The number of esters is 1. The third-order valence-electron chi connectivity index (χ3n) is 6.02. The molecule has 0 unspecified atom stereocenters. The lowest BCUT2D eigenvalue weighted by atomic mass is 10.0. The fraction of sp³-hybridized carbons (Fsp3) is 0.194. The molecule has 0 saturated heterocycles. The fourth-order valence-electron chi connectivity index (χ4n) is 4.08. The van der Waals surface area contributed by atoms with Crippen molar-refractivity contribution in [3.63, 3.8) is 0 Å². The van der Waals surface area contributed by atoms with Crippen molar-refractivity contribution in [1.29, 1.82) is 0 Å². The van der Waals surface area contributed by atoms with Gasteiger partial charge in [-0.25, -0.2) is 4.79 Å². The molecule has 0 saturated carbocycles. The van der Waals surface area contributed by atoms with E-state index in [1.807, 2.05) is 43.3 Å². The average Bonchev–Trinajstić information content (AvgIpc) is 3.29. The molecule has 8 nitrogen and oxygen atoms in total. The number of hydrogen-bond acceptors (Lipinski definition) is 7. The van der Waals surface area contributed by atoms with Gasteiger partial charge in [0.15, 0.2) is 6.10 Å². The van der Waals surface area contributed by atoms with Crippen molar-refractivity contribution in [3.8, 4) is 22.6 Å². The van der Waals surface area contributed by atoms with Gasteiger partial charge < -0.3 is 24.8 Å². The lowest BCUT2D eigenvalue weighted by molar-refractivity contribution is -0.122. The normalized spacial score (nSPS) is 11.3. The molecule has 0 aliphatic heterocycles. The van der Waals surface area contributed by atoms with E-state index in [0.29, 0.717) is 33.3 Å². The Kier molecular flexibility index (Phi) is 9.19. The third kappa shape index (κ3) is 6.50. The first-order valence-corrected chi connectivity index (χ1v) is 13.5. The maximum Gasteiger partial charge on any atom is 0.341 e. The van der Waals surface area contributed by atoms with Crippen molar-refractivity contribution < 1.29 is 28.6 Å². The summed E-state index contributed by atoms with van der Waals surface area (Å²) in [5.74, 6) is -0.267. The molecule has 40 heavy (non-hydrogen) atoms. The van der Waals surface area contributed by atoms with Gasteiger partial charge in [-0.15, -0.1) is 11.3 Å². The van der Waals surface area contributed by atoms with Gasteiger partial charge in [0, 0.05) is 16.0 Å². The zero-order chi connectivity index (χ0) is 28.6. The SMILES string of the molecule is CCOC(=O)c1c(NC(=O)c2ccc(O[C@H](C)C(=O)Nc3ccccc3OC)cc2)sc(C)c1-c1ccccc1. The van der Waals surface area contributed by atoms with Gasteiger partial charge >= 0.3 is 5.97 Å². The Bertz CT molecular complexity index is 1500. The van der Waals surface area contributed by atoms with Crippen LogP contribution in [-0.2, 0) is 9.53 Å². The van der Waals surface area contributed by atoms with Gasteiger partial charge in [-0.2, -0.15) is 0 Å². The Morgan fingerprint density at radius 2 is 1.57 bits per heavy atom. The van der Waals surface area contributed by atoms with Crippen LogP contribution < -0.4 is 20.1 Å². The predicted octanol–water partition coefficient (Wildman–Crippen LogP) is 6.57. The number of thiophene rings is 1. The average molecular weight is 559 g/mol. The van der Waals surface area contributed by atoms with Crippen molar-refractivity contribution in [2.75, 3.05) is 24.4 Å². The van der Waals surface area contributed by atoms with E-state index in [0.717, 1.165) is 16.0 Å². The number of carbonyl (C=O) groups is 3. The predicted molar refractivity (Wildman–Crippen MR) is 157 cm³/mol. The summed E-state index contributed by atoms with van der Waals surface area (Å²) in [5.41, 5.74) is 2.84. The van der Waals surface area contributed by atoms with Gasteiger partial charge in [-0.05, 0) is 62.7 Å². The smallest absolute Gasteiger partial charge is 0.341 e. The van der Waals surface area contributed by atoms with Crippen LogP contribution in [0.3, 0.4) is 0 Å². The lowest BCUT2D eigenvalue weighted by Gasteiger charge is -2.16. The molecule has 0 radical (unpaired) electrons. The summed E-state index contributed by atoms with van der Waals surface area (Å²) in [6, 6.07) is 23.0. The third-order valence-corrected chi connectivity index (χ3v) is 7.04. The molecule has 206 valence electrons. The molecule has 3 aromatic carbocycles. The summed E-state index contributed by atoms with van der Waals surface area (Å²) < 4.78 is 16.4. The first-order valence-electron chi connectivity index (χ1n) is 12.7. The maximum absolute atomic E-state index is 13.1. The highest BCUT2D eigenvalue weighted by atomic mass is 32.1.